The van der Waals surface area contributed by atoms with Crippen LogP contribution in [0.4, 0.5) is 0 Å². The summed E-state index contributed by atoms with van der Waals surface area (Å²) in [6.45, 7) is 2.53. The largest absolute Gasteiger partial charge is 0.494 e. The van der Waals surface area contributed by atoms with Crippen LogP contribution in [-0.2, 0) is 10.2 Å². The molecule has 1 fully saturated rings. The number of hydrogen-bond donors (Lipinski definition) is 0. The first-order chi connectivity index (χ1) is 7.20. The molecule has 0 heterocycles. The summed E-state index contributed by atoms with van der Waals surface area (Å²) >= 11 is 5.64. The monoisotopic (exact) mass is 224 g/mol. The van der Waals surface area contributed by atoms with Crippen LogP contribution in [0.15, 0.2) is 24.3 Å². The van der Waals surface area contributed by atoms with Crippen molar-refractivity contribution >= 4 is 16.8 Å². The normalized spacial score (nSPS) is 17.2. The van der Waals surface area contributed by atoms with Crippen molar-refractivity contribution in [3.05, 3.63) is 29.8 Å². The van der Waals surface area contributed by atoms with Gasteiger partial charge in [-0.25, -0.2) is 0 Å². The molecule has 1 aliphatic rings. The van der Waals surface area contributed by atoms with Gasteiger partial charge < -0.3 is 4.74 Å². The van der Waals surface area contributed by atoms with Gasteiger partial charge in [-0.15, -0.1) is 0 Å². The van der Waals surface area contributed by atoms with Crippen LogP contribution in [0.2, 0.25) is 0 Å². The van der Waals surface area contributed by atoms with E-state index >= 15 is 0 Å². The van der Waals surface area contributed by atoms with Gasteiger partial charge >= 0.3 is 0 Å². The Morgan fingerprint density at radius 3 is 2.67 bits per heavy atom. The molecule has 0 aromatic heterocycles. The maximum absolute atomic E-state index is 11.4. The highest BCUT2D eigenvalue weighted by molar-refractivity contribution is 6.66. The highest BCUT2D eigenvalue weighted by atomic mass is 35.5. The second kappa shape index (κ2) is 3.86. The molecule has 0 saturated heterocycles. The average Bonchev–Trinajstić information content (AvgIpc) is 3.00. The number of rotatable bonds is 4. The van der Waals surface area contributed by atoms with E-state index in [2.05, 4.69) is 0 Å². The summed E-state index contributed by atoms with van der Waals surface area (Å²) < 4.78 is 5.50. The molecule has 1 aromatic rings. The van der Waals surface area contributed by atoms with Crippen molar-refractivity contribution < 1.29 is 9.53 Å². The molecule has 0 N–H and O–H groups in total. The number of carbonyl (C=O) groups is 1. The van der Waals surface area contributed by atoms with Crippen LogP contribution >= 0.6 is 11.6 Å². The number of hydrogen-bond acceptors (Lipinski definition) is 2. The number of halogens is 1. The summed E-state index contributed by atoms with van der Waals surface area (Å²) in [5.74, 6) is 0.784. The van der Waals surface area contributed by atoms with E-state index < -0.39 is 5.41 Å². The topological polar surface area (TPSA) is 26.3 Å². The third kappa shape index (κ3) is 1.74. The Labute approximate surface area is 94.2 Å². The van der Waals surface area contributed by atoms with Crippen molar-refractivity contribution in [1.29, 1.82) is 0 Å². The second-order valence-corrected chi connectivity index (χ2v) is 4.13. The SMILES string of the molecule is CCOc1ccccc1C1(C(=O)Cl)CC1. The zero-order valence-corrected chi connectivity index (χ0v) is 9.38. The molecule has 2 nitrogen and oxygen atoms in total. The molecule has 15 heavy (non-hydrogen) atoms. The smallest absolute Gasteiger partial charge is 0.232 e. The van der Waals surface area contributed by atoms with Crippen molar-refractivity contribution in [3.8, 4) is 5.75 Å². The summed E-state index contributed by atoms with van der Waals surface area (Å²) in [5.41, 5.74) is 0.472. The zero-order chi connectivity index (χ0) is 10.9. The molecule has 0 atom stereocenters. The fraction of sp³-hybridized carbons (Fsp3) is 0.417. The number of para-hydroxylation sites is 1. The van der Waals surface area contributed by atoms with Gasteiger partial charge in [0.1, 0.15) is 5.75 Å². The number of carbonyl (C=O) groups excluding carboxylic acids is 1. The van der Waals surface area contributed by atoms with Crippen LogP contribution in [0.3, 0.4) is 0 Å². The zero-order valence-electron chi connectivity index (χ0n) is 8.63. The average molecular weight is 225 g/mol. The molecule has 1 saturated carbocycles. The van der Waals surface area contributed by atoms with Gasteiger partial charge in [0.15, 0.2) is 0 Å². The Balaban J connectivity index is 2.39. The van der Waals surface area contributed by atoms with E-state index in [4.69, 9.17) is 16.3 Å². The third-order valence-corrected chi connectivity index (χ3v) is 3.19. The summed E-state index contributed by atoms with van der Waals surface area (Å²) in [7, 11) is 0. The molecule has 0 spiro atoms. The van der Waals surface area contributed by atoms with Crippen LogP contribution in [0.25, 0.3) is 0 Å². The van der Waals surface area contributed by atoms with Crippen LogP contribution < -0.4 is 4.74 Å². The standard InChI is InChI=1S/C12H13ClO2/c1-2-15-10-6-4-3-5-9(10)12(7-8-12)11(13)14/h3-6H,2,7-8H2,1H3. The molecule has 0 bridgehead atoms. The summed E-state index contributed by atoms with van der Waals surface area (Å²) in [5, 5.41) is -0.269. The summed E-state index contributed by atoms with van der Waals surface area (Å²) in [6.07, 6.45) is 1.67. The molecular formula is C12H13ClO2. The van der Waals surface area contributed by atoms with Crippen molar-refractivity contribution in [2.75, 3.05) is 6.61 Å². The molecule has 0 amide bonds. The van der Waals surface area contributed by atoms with Gasteiger partial charge in [-0.1, -0.05) is 18.2 Å². The summed E-state index contributed by atoms with van der Waals surface area (Å²) in [6, 6.07) is 7.64. The predicted molar refractivity (Wildman–Crippen MR) is 59.4 cm³/mol. The van der Waals surface area contributed by atoms with Crippen molar-refractivity contribution in [2.45, 2.75) is 25.2 Å². The Bertz CT molecular complexity index is 383. The highest BCUT2D eigenvalue weighted by Gasteiger charge is 2.51. The van der Waals surface area contributed by atoms with Crippen LogP contribution in [0.1, 0.15) is 25.3 Å². The molecule has 80 valence electrons. The third-order valence-electron chi connectivity index (χ3n) is 2.83. The molecule has 0 unspecified atom stereocenters. The first-order valence-corrected chi connectivity index (χ1v) is 5.51. The van der Waals surface area contributed by atoms with Gasteiger partial charge in [-0.3, -0.25) is 4.79 Å². The van der Waals surface area contributed by atoms with E-state index in [9.17, 15) is 4.79 Å². The Kier molecular flexibility index (Phi) is 2.70. The van der Waals surface area contributed by atoms with Gasteiger partial charge in [0.25, 0.3) is 0 Å². The van der Waals surface area contributed by atoms with E-state index in [1.165, 1.54) is 0 Å². The Morgan fingerprint density at radius 2 is 2.13 bits per heavy atom. The number of ether oxygens (including phenoxy) is 1. The predicted octanol–water partition coefficient (Wildman–Crippen LogP) is 2.88. The Hall–Kier alpha value is -1.02. The molecule has 2 rings (SSSR count). The van der Waals surface area contributed by atoms with Gasteiger partial charge in [-0.2, -0.15) is 0 Å². The van der Waals surface area contributed by atoms with Crippen LogP contribution in [0, 0.1) is 0 Å². The minimum atomic E-state index is -0.465. The van der Waals surface area contributed by atoms with Gasteiger partial charge in [0.2, 0.25) is 5.24 Å². The maximum atomic E-state index is 11.4. The van der Waals surface area contributed by atoms with E-state index in [1.54, 1.807) is 0 Å². The molecule has 0 radical (unpaired) electrons. The lowest BCUT2D eigenvalue weighted by atomic mass is 9.96. The Morgan fingerprint density at radius 1 is 1.47 bits per heavy atom. The van der Waals surface area contributed by atoms with E-state index in [0.29, 0.717) is 6.61 Å². The molecule has 1 aliphatic carbocycles. The van der Waals surface area contributed by atoms with Crippen LogP contribution in [-0.4, -0.2) is 11.8 Å². The van der Waals surface area contributed by atoms with Crippen LogP contribution in [0.5, 0.6) is 5.75 Å². The molecule has 3 heteroatoms. The van der Waals surface area contributed by atoms with E-state index in [1.807, 2.05) is 31.2 Å². The molecule has 0 aliphatic heterocycles. The fourth-order valence-electron chi connectivity index (χ4n) is 1.84. The highest BCUT2D eigenvalue weighted by Crippen LogP contribution is 2.52. The van der Waals surface area contributed by atoms with Crippen molar-refractivity contribution in [1.82, 2.24) is 0 Å². The second-order valence-electron chi connectivity index (χ2n) is 3.78. The summed E-state index contributed by atoms with van der Waals surface area (Å²) in [4.78, 5) is 11.4. The molecular weight excluding hydrogens is 212 g/mol. The number of benzene rings is 1. The van der Waals surface area contributed by atoms with Crippen molar-refractivity contribution in [2.24, 2.45) is 0 Å². The van der Waals surface area contributed by atoms with E-state index in [-0.39, 0.29) is 5.24 Å². The van der Waals surface area contributed by atoms with Gasteiger partial charge in [0, 0.05) is 5.56 Å². The minimum absolute atomic E-state index is 0.269. The van der Waals surface area contributed by atoms with Gasteiger partial charge in [-0.05, 0) is 37.4 Å². The first-order valence-electron chi connectivity index (χ1n) is 5.13. The fourth-order valence-corrected chi connectivity index (χ4v) is 2.13. The molecule has 1 aromatic carbocycles. The first kappa shape index (κ1) is 10.5. The quantitative estimate of drug-likeness (QED) is 0.736. The van der Waals surface area contributed by atoms with Gasteiger partial charge in [0.05, 0.1) is 12.0 Å². The lowest BCUT2D eigenvalue weighted by molar-refractivity contribution is -0.113. The maximum Gasteiger partial charge on any atom is 0.232 e. The van der Waals surface area contributed by atoms with Crippen molar-refractivity contribution in [3.63, 3.8) is 0 Å². The lowest BCUT2D eigenvalue weighted by Crippen LogP contribution is -2.16. The lowest BCUT2D eigenvalue weighted by Gasteiger charge is -2.15. The minimum Gasteiger partial charge on any atom is -0.494 e. The van der Waals surface area contributed by atoms with E-state index in [0.717, 1.165) is 24.2 Å².